The van der Waals surface area contributed by atoms with Crippen molar-refractivity contribution in [2.75, 3.05) is 18.9 Å². The average molecular weight is 313 g/mol. The van der Waals surface area contributed by atoms with E-state index in [1.165, 1.54) is 0 Å². The van der Waals surface area contributed by atoms with Crippen LogP contribution in [-0.2, 0) is 0 Å². The molecule has 0 bridgehead atoms. The van der Waals surface area contributed by atoms with E-state index in [0.29, 0.717) is 12.4 Å². The monoisotopic (exact) mass is 313 g/mol. The van der Waals surface area contributed by atoms with Gasteiger partial charge < -0.3 is 15.2 Å². The van der Waals surface area contributed by atoms with Crippen molar-refractivity contribution in [1.82, 2.24) is 19.9 Å². The second kappa shape index (κ2) is 6.20. The summed E-state index contributed by atoms with van der Waals surface area (Å²) in [6.45, 7) is 2.40. The Kier molecular flexibility index (Phi) is 4.10. The molecular weight excluding hydrogens is 294 g/mol. The maximum absolute atomic E-state index is 12.8. The van der Waals surface area contributed by atoms with Crippen molar-refractivity contribution in [3.05, 3.63) is 51.8 Å². The van der Waals surface area contributed by atoms with Crippen molar-refractivity contribution < 1.29 is 4.79 Å². The number of pyridine rings is 1. The van der Waals surface area contributed by atoms with Crippen molar-refractivity contribution in [1.29, 1.82) is 0 Å². The maximum atomic E-state index is 12.8. The number of hydrogen-bond donors (Lipinski definition) is 2. The van der Waals surface area contributed by atoms with Crippen molar-refractivity contribution in [3.63, 3.8) is 0 Å². The SMILES string of the molecule is CNc1cncc(C2CCCN2C(=O)c2ccc(C)[nH]c2=O)n1. The molecule has 1 atom stereocenters. The van der Waals surface area contributed by atoms with Crippen LogP contribution in [0.15, 0.2) is 29.3 Å². The summed E-state index contributed by atoms with van der Waals surface area (Å²) in [4.78, 5) is 37.8. The Bertz CT molecular complexity index is 786. The molecule has 2 aromatic heterocycles. The molecule has 3 heterocycles. The highest BCUT2D eigenvalue weighted by Crippen LogP contribution is 2.31. The minimum atomic E-state index is -0.351. The Morgan fingerprint density at radius 2 is 2.22 bits per heavy atom. The lowest BCUT2D eigenvalue weighted by molar-refractivity contribution is 0.0731. The van der Waals surface area contributed by atoms with Crippen LogP contribution >= 0.6 is 0 Å². The van der Waals surface area contributed by atoms with Gasteiger partial charge in [-0.05, 0) is 31.9 Å². The summed E-state index contributed by atoms with van der Waals surface area (Å²) in [5.74, 6) is 0.403. The van der Waals surface area contributed by atoms with E-state index >= 15 is 0 Å². The first kappa shape index (κ1) is 15.2. The third kappa shape index (κ3) is 2.94. The second-order valence-corrected chi connectivity index (χ2v) is 5.62. The highest BCUT2D eigenvalue weighted by atomic mass is 16.2. The van der Waals surface area contributed by atoms with Gasteiger partial charge in [0.2, 0.25) is 0 Å². The normalized spacial score (nSPS) is 17.3. The summed E-state index contributed by atoms with van der Waals surface area (Å²) in [7, 11) is 1.78. The second-order valence-electron chi connectivity index (χ2n) is 5.62. The number of carbonyl (C=O) groups excluding carboxylic acids is 1. The molecule has 2 aromatic rings. The lowest BCUT2D eigenvalue weighted by Gasteiger charge is -2.24. The van der Waals surface area contributed by atoms with Crippen molar-refractivity contribution in [3.8, 4) is 0 Å². The lowest BCUT2D eigenvalue weighted by atomic mass is 10.1. The number of hydrogen-bond acceptors (Lipinski definition) is 5. The van der Waals surface area contributed by atoms with Crippen LogP contribution in [0, 0.1) is 6.92 Å². The smallest absolute Gasteiger partial charge is 0.260 e. The maximum Gasteiger partial charge on any atom is 0.260 e. The molecule has 0 spiro atoms. The third-order valence-electron chi connectivity index (χ3n) is 4.05. The molecule has 0 aliphatic carbocycles. The van der Waals surface area contributed by atoms with Gasteiger partial charge in [0.1, 0.15) is 11.4 Å². The predicted octanol–water partition coefficient (Wildman–Crippen LogP) is 1.49. The summed E-state index contributed by atoms with van der Waals surface area (Å²) >= 11 is 0. The molecule has 1 aliphatic rings. The number of anilines is 1. The number of aromatic nitrogens is 3. The first-order chi connectivity index (χ1) is 11.1. The van der Waals surface area contributed by atoms with Gasteiger partial charge in [-0.3, -0.25) is 14.6 Å². The van der Waals surface area contributed by atoms with Gasteiger partial charge in [0.05, 0.1) is 24.1 Å². The van der Waals surface area contributed by atoms with Crippen LogP contribution < -0.4 is 10.9 Å². The molecule has 23 heavy (non-hydrogen) atoms. The molecule has 1 amide bonds. The number of amides is 1. The minimum absolute atomic E-state index is 0.149. The Morgan fingerprint density at radius 1 is 1.39 bits per heavy atom. The number of nitrogens with one attached hydrogen (secondary N) is 2. The quantitative estimate of drug-likeness (QED) is 0.896. The van der Waals surface area contributed by atoms with Gasteiger partial charge >= 0.3 is 0 Å². The third-order valence-corrected chi connectivity index (χ3v) is 4.05. The number of aryl methyl sites for hydroxylation is 1. The molecule has 1 aliphatic heterocycles. The number of nitrogens with zero attached hydrogens (tertiary/aromatic N) is 3. The summed E-state index contributed by atoms with van der Waals surface area (Å²) < 4.78 is 0. The molecule has 7 heteroatoms. The molecule has 1 saturated heterocycles. The summed E-state index contributed by atoms with van der Waals surface area (Å²) in [6.07, 6.45) is 5.01. The predicted molar refractivity (Wildman–Crippen MR) is 86.4 cm³/mol. The number of carbonyl (C=O) groups is 1. The van der Waals surface area contributed by atoms with Gasteiger partial charge in [-0.1, -0.05) is 0 Å². The van der Waals surface area contributed by atoms with Crippen LogP contribution in [0.3, 0.4) is 0 Å². The van der Waals surface area contributed by atoms with Crippen LogP contribution in [0.1, 0.15) is 40.6 Å². The summed E-state index contributed by atoms with van der Waals surface area (Å²) in [5.41, 5.74) is 1.29. The van der Waals surface area contributed by atoms with Gasteiger partial charge in [0.25, 0.3) is 11.5 Å². The fourth-order valence-corrected chi connectivity index (χ4v) is 2.87. The number of H-pyrrole nitrogens is 1. The van der Waals surface area contributed by atoms with E-state index in [0.717, 1.165) is 24.2 Å². The zero-order valence-electron chi connectivity index (χ0n) is 13.2. The number of rotatable bonds is 3. The fraction of sp³-hybridized carbons (Fsp3) is 0.375. The highest BCUT2D eigenvalue weighted by molar-refractivity contribution is 5.94. The molecule has 7 nitrogen and oxygen atoms in total. The Hall–Kier alpha value is -2.70. The molecule has 0 aromatic carbocycles. The first-order valence-electron chi connectivity index (χ1n) is 7.60. The number of likely N-dealkylation sites (tertiary alicyclic amines) is 1. The lowest BCUT2D eigenvalue weighted by Crippen LogP contribution is -2.34. The summed E-state index contributed by atoms with van der Waals surface area (Å²) in [5, 5.41) is 2.95. The van der Waals surface area contributed by atoms with Crippen molar-refractivity contribution >= 4 is 11.7 Å². The van der Waals surface area contributed by atoms with Crippen LogP contribution in [0.25, 0.3) is 0 Å². The van der Waals surface area contributed by atoms with Crippen LogP contribution in [-0.4, -0.2) is 39.4 Å². The van der Waals surface area contributed by atoms with E-state index in [4.69, 9.17) is 0 Å². The highest BCUT2D eigenvalue weighted by Gasteiger charge is 2.32. The number of aromatic amines is 1. The van der Waals surface area contributed by atoms with Crippen molar-refractivity contribution in [2.45, 2.75) is 25.8 Å². The standard InChI is InChI=1S/C16H19N5O2/c1-10-5-6-11(15(22)19-10)16(23)21-7-3-4-13(21)12-8-18-9-14(17-2)20-12/h5-6,8-9,13H,3-4,7H2,1-2H3,(H,17,20)(H,19,22). The molecule has 3 rings (SSSR count). The van der Waals surface area contributed by atoms with Crippen molar-refractivity contribution in [2.24, 2.45) is 0 Å². The van der Waals surface area contributed by atoms with E-state index in [9.17, 15) is 9.59 Å². The molecular formula is C16H19N5O2. The topological polar surface area (TPSA) is 91.0 Å². The molecule has 1 fully saturated rings. The van der Waals surface area contributed by atoms with E-state index in [1.807, 2.05) is 0 Å². The molecule has 1 unspecified atom stereocenters. The Morgan fingerprint density at radius 3 is 2.96 bits per heavy atom. The van der Waals surface area contributed by atoms with E-state index < -0.39 is 0 Å². The largest absolute Gasteiger partial charge is 0.372 e. The molecule has 0 saturated carbocycles. The average Bonchev–Trinajstić information content (AvgIpc) is 3.04. The van der Waals surface area contributed by atoms with Crippen LogP contribution in [0.4, 0.5) is 5.82 Å². The van der Waals surface area contributed by atoms with E-state index in [2.05, 4.69) is 20.3 Å². The Labute approximate surface area is 133 Å². The van der Waals surface area contributed by atoms with Gasteiger partial charge in [0.15, 0.2) is 0 Å². The van der Waals surface area contributed by atoms with Gasteiger partial charge in [-0.2, -0.15) is 0 Å². The van der Waals surface area contributed by atoms with Gasteiger partial charge in [-0.25, -0.2) is 4.98 Å². The zero-order chi connectivity index (χ0) is 16.4. The van der Waals surface area contributed by atoms with Crippen LogP contribution in [0.2, 0.25) is 0 Å². The van der Waals surface area contributed by atoms with E-state index in [1.54, 1.807) is 43.4 Å². The molecule has 0 radical (unpaired) electrons. The van der Waals surface area contributed by atoms with E-state index in [-0.39, 0.29) is 23.1 Å². The fourth-order valence-electron chi connectivity index (χ4n) is 2.87. The van der Waals surface area contributed by atoms with Crippen LogP contribution in [0.5, 0.6) is 0 Å². The Balaban J connectivity index is 1.91. The molecule has 120 valence electrons. The first-order valence-corrected chi connectivity index (χ1v) is 7.60. The zero-order valence-corrected chi connectivity index (χ0v) is 13.2. The molecule has 2 N–H and O–H groups in total. The minimum Gasteiger partial charge on any atom is -0.372 e. The van der Waals surface area contributed by atoms with Gasteiger partial charge in [-0.15, -0.1) is 0 Å². The summed E-state index contributed by atoms with van der Waals surface area (Å²) in [6, 6.07) is 3.17. The van der Waals surface area contributed by atoms with Gasteiger partial charge in [0, 0.05) is 19.3 Å².